The second kappa shape index (κ2) is 8.68. The Kier molecular flexibility index (Phi) is 6.08. The number of hydrogen-bond donors (Lipinski definition) is 1. The van der Waals surface area contributed by atoms with Crippen LogP contribution in [0.2, 0.25) is 0 Å². The van der Waals surface area contributed by atoms with Crippen LogP contribution in [0.3, 0.4) is 0 Å². The highest BCUT2D eigenvalue weighted by Crippen LogP contribution is 2.23. The van der Waals surface area contributed by atoms with Gasteiger partial charge in [0, 0.05) is 12.2 Å². The average molecular weight is 368 g/mol. The molecule has 1 N–H and O–H groups in total. The zero-order valence-corrected chi connectivity index (χ0v) is 15.6. The van der Waals surface area contributed by atoms with Gasteiger partial charge in [0.1, 0.15) is 5.75 Å². The fraction of sp³-hybridized carbons (Fsp3) is 0.333. The summed E-state index contributed by atoms with van der Waals surface area (Å²) in [4.78, 5) is 26.6. The average Bonchev–Trinajstić information content (AvgIpc) is 3.16. The van der Waals surface area contributed by atoms with Gasteiger partial charge in [-0.3, -0.25) is 9.69 Å². The predicted octanol–water partition coefficient (Wildman–Crippen LogP) is 3.08. The monoisotopic (exact) mass is 368 g/mol. The van der Waals surface area contributed by atoms with E-state index in [1.807, 2.05) is 42.5 Å². The Balaban J connectivity index is 1.65. The van der Waals surface area contributed by atoms with E-state index in [1.165, 1.54) is 7.11 Å². The van der Waals surface area contributed by atoms with E-state index in [4.69, 9.17) is 9.47 Å². The smallest absolute Gasteiger partial charge is 0.337 e. The lowest BCUT2D eigenvalue weighted by atomic mass is 10.1. The molecule has 0 bridgehead atoms. The van der Waals surface area contributed by atoms with Crippen molar-refractivity contribution in [2.45, 2.75) is 25.4 Å². The number of amides is 1. The second-order valence-electron chi connectivity index (χ2n) is 6.54. The minimum absolute atomic E-state index is 0.0122. The Morgan fingerprint density at radius 1 is 1.15 bits per heavy atom. The molecular weight excluding hydrogens is 344 g/mol. The molecule has 0 spiro atoms. The van der Waals surface area contributed by atoms with Crippen LogP contribution in [0.4, 0.5) is 5.69 Å². The minimum Gasteiger partial charge on any atom is -0.497 e. The van der Waals surface area contributed by atoms with Gasteiger partial charge >= 0.3 is 5.97 Å². The van der Waals surface area contributed by atoms with Crippen LogP contribution in [-0.2, 0) is 16.1 Å². The SMILES string of the molecule is COC(=O)c1cccc(CN2CCC[C@H]2C(=O)Nc2ccc(OC)cc2)c1. The zero-order chi connectivity index (χ0) is 19.2. The maximum absolute atomic E-state index is 12.7. The van der Waals surface area contributed by atoms with Crippen molar-refractivity contribution in [3.63, 3.8) is 0 Å². The Morgan fingerprint density at radius 3 is 2.63 bits per heavy atom. The maximum Gasteiger partial charge on any atom is 0.337 e. The van der Waals surface area contributed by atoms with Crippen LogP contribution < -0.4 is 10.1 Å². The highest BCUT2D eigenvalue weighted by Gasteiger charge is 2.30. The van der Waals surface area contributed by atoms with Crippen molar-refractivity contribution in [3.05, 3.63) is 59.7 Å². The van der Waals surface area contributed by atoms with Gasteiger partial charge < -0.3 is 14.8 Å². The van der Waals surface area contributed by atoms with Crippen molar-refractivity contribution in [1.82, 2.24) is 4.90 Å². The topological polar surface area (TPSA) is 67.9 Å². The summed E-state index contributed by atoms with van der Waals surface area (Å²) in [6, 6.07) is 14.5. The van der Waals surface area contributed by atoms with E-state index in [9.17, 15) is 9.59 Å². The van der Waals surface area contributed by atoms with Gasteiger partial charge in [0.25, 0.3) is 0 Å². The molecule has 1 heterocycles. The molecule has 2 aromatic rings. The number of nitrogens with one attached hydrogen (secondary N) is 1. The molecule has 3 rings (SSSR count). The molecule has 0 radical (unpaired) electrons. The summed E-state index contributed by atoms with van der Waals surface area (Å²) < 4.78 is 9.92. The number of hydrogen-bond acceptors (Lipinski definition) is 5. The summed E-state index contributed by atoms with van der Waals surface area (Å²) in [5.74, 6) is 0.384. The van der Waals surface area contributed by atoms with Gasteiger partial charge in [0.2, 0.25) is 5.91 Å². The van der Waals surface area contributed by atoms with Crippen LogP contribution in [-0.4, -0.2) is 43.6 Å². The van der Waals surface area contributed by atoms with E-state index in [-0.39, 0.29) is 17.9 Å². The molecule has 1 aliphatic rings. The third-order valence-electron chi connectivity index (χ3n) is 4.76. The molecule has 1 saturated heterocycles. The molecule has 0 unspecified atom stereocenters. The first-order valence-corrected chi connectivity index (χ1v) is 8.97. The van der Waals surface area contributed by atoms with Crippen LogP contribution >= 0.6 is 0 Å². The van der Waals surface area contributed by atoms with Gasteiger partial charge in [-0.15, -0.1) is 0 Å². The van der Waals surface area contributed by atoms with E-state index < -0.39 is 0 Å². The second-order valence-corrected chi connectivity index (χ2v) is 6.54. The van der Waals surface area contributed by atoms with Crippen molar-refractivity contribution in [2.75, 3.05) is 26.1 Å². The fourth-order valence-corrected chi connectivity index (χ4v) is 3.36. The Morgan fingerprint density at radius 2 is 1.93 bits per heavy atom. The highest BCUT2D eigenvalue weighted by molar-refractivity contribution is 5.95. The summed E-state index contributed by atoms with van der Waals surface area (Å²) in [7, 11) is 2.98. The molecule has 1 atom stereocenters. The first-order chi connectivity index (χ1) is 13.1. The van der Waals surface area contributed by atoms with Crippen molar-refractivity contribution < 1.29 is 19.1 Å². The number of carbonyl (C=O) groups excluding carboxylic acids is 2. The molecule has 6 nitrogen and oxygen atoms in total. The largest absolute Gasteiger partial charge is 0.497 e. The van der Waals surface area contributed by atoms with Crippen LogP contribution in [0.15, 0.2) is 48.5 Å². The number of likely N-dealkylation sites (tertiary alicyclic amines) is 1. The van der Waals surface area contributed by atoms with E-state index >= 15 is 0 Å². The van der Waals surface area contributed by atoms with Crippen LogP contribution in [0, 0.1) is 0 Å². The van der Waals surface area contributed by atoms with E-state index in [0.717, 1.165) is 36.4 Å². The zero-order valence-electron chi connectivity index (χ0n) is 15.6. The van der Waals surface area contributed by atoms with Gasteiger partial charge in [-0.25, -0.2) is 4.79 Å². The lowest BCUT2D eigenvalue weighted by Crippen LogP contribution is -2.39. The molecule has 2 aromatic carbocycles. The number of ether oxygens (including phenoxy) is 2. The Bertz CT molecular complexity index is 804. The summed E-state index contributed by atoms with van der Waals surface area (Å²) in [6.07, 6.45) is 1.79. The third kappa shape index (κ3) is 4.65. The van der Waals surface area contributed by atoms with Crippen LogP contribution in [0.1, 0.15) is 28.8 Å². The molecule has 142 valence electrons. The maximum atomic E-state index is 12.7. The minimum atomic E-state index is -0.355. The lowest BCUT2D eigenvalue weighted by Gasteiger charge is -2.24. The highest BCUT2D eigenvalue weighted by atomic mass is 16.5. The first kappa shape index (κ1) is 18.9. The standard InChI is InChI=1S/C21H24N2O4/c1-26-18-10-8-17(9-11-18)22-20(24)19-7-4-12-23(19)14-15-5-3-6-16(13-15)21(25)27-2/h3,5-6,8-11,13,19H,4,7,12,14H2,1-2H3,(H,22,24)/t19-/m0/s1. The molecule has 6 heteroatoms. The lowest BCUT2D eigenvalue weighted by molar-refractivity contribution is -0.120. The van der Waals surface area contributed by atoms with Crippen LogP contribution in [0.25, 0.3) is 0 Å². The van der Waals surface area contributed by atoms with E-state index in [0.29, 0.717) is 12.1 Å². The molecule has 27 heavy (non-hydrogen) atoms. The molecule has 1 fully saturated rings. The van der Waals surface area contributed by atoms with Crippen molar-refractivity contribution in [3.8, 4) is 5.75 Å². The number of esters is 1. The summed E-state index contributed by atoms with van der Waals surface area (Å²) >= 11 is 0. The number of rotatable bonds is 6. The van der Waals surface area contributed by atoms with E-state index in [1.54, 1.807) is 13.2 Å². The summed E-state index contributed by atoms with van der Waals surface area (Å²) in [5.41, 5.74) is 2.26. The Labute approximate surface area is 159 Å². The number of methoxy groups -OCH3 is 2. The van der Waals surface area contributed by atoms with Crippen LogP contribution in [0.5, 0.6) is 5.75 Å². The summed E-state index contributed by atoms with van der Waals surface area (Å²) in [5, 5.41) is 2.98. The van der Waals surface area contributed by atoms with Gasteiger partial charge in [-0.05, 0) is 61.3 Å². The quantitative estimate of drug-likeness (QED) is 0.794. The van der Waals surface area contributed by atoms with Gasteiger partial charge in [-0.2, -0.15) is 0 Å². The summed E-state index contributed by atoms with van der Waals surface area (Å²) in [6.45, 7) is 1.47. The molecular formula is C21H24N2O4. The molecule has 1 aliphatic heterocycles. The number of anilines is 1. The van der Waals surface area contributed by atoms with Crippen molar-refractivity contribution in [2.24, 2.45) is 0 Å². The molecule has 0 aliphatic carbocycles. The third-order valence-corrected chi connectivity index (χ3v) is 4.76. The van der Waals surface area contributed by atoms with Gasteiger partial charge in [-0.1, -0.05) is 12.1 Å². The number of carbonyl (C=O) groups is 2. The van der Waals surface area contributed by atoms with Gasteiger partial charge in [0.15, 0.2) is 0 Å². The van der Waals surface area contributed by atoms with Crippen molar-refractivity contribution in [1.29, 1.82) is 0 Å². The molecule has 0 aromatic heterocycles. The number of benzene rings is 2. The predicted molar refractivity (Wildman–Crippen MR) is 103 cm³/mol. The van der Waals surface area contributed by atoms with E-state index in [2.05, 4.69) is 10.2 Å². The van der Waals surface area contributed by atoms with Gasteiger partial charge in [0.05, 0.1) is 25.8 Å². The molecule has 1 amide bonds. The normalized spacial score (nSPS) is 16.7. The fourth-order valence-electron chi connectivity index (χ4n) is 3.36. The Hall–Kier alpha value is -2.86. The van der Waals surface area contributed by atoms with Crippen molar-refractivity contribution >= 4 is 17.6 Å². The number of nitrogens with zero attached hydrogens (tertiary/aromatic N) is 1. The molecule has 0 saturated carbocycles. The first-order valence-electron chi connectivity index (χ1n) is 8.97.